The van der Waals surface area contributed by atoms with Gasteiger partial charge in [0.15, 0.2) is 11.5 Å². The molecule has 20 heavy (non-hydrogen) atoms. The Balaban J connectivity index is 2.25. The number of methoxy groups -OCH3 is 2. The number of rotatable bonds is 2. The first-order chi connectivity index (χ1) is 9.85. The third kappa shape index (κ3) is 1.25. The summed E-state index contributed by atoms with van der Waals surface area (Å²) in [6, 6.07) is 5.97. The van der Waals surface area contributed by atoms with Gasteiger partial charge in [-0.3, -0.25) is 9.97 Å². The standard InChI is InChI=1S/C16H12N2O2/c1-19-12-7-9-3-6-18-15-11-8-17-5-4-10(11)14(13(9)15)16(12)20-2/h3-8H,1-2H3. The fraction of sp³-hybridized carbons (Fsp3) is 0.125. The SMILES string of the molecule is COc1cc2ccnc3c2c(c1OC)-c1ccncc1-3. The molecular weight excluding hydrogens is 252 g/mol. The van der Waals surface area contributed by atoms with Crippen LogP contribution in [0.4, 0.5) is 0 Å². The number of fused-ring (bicyclic) bond motifs is 3. The van der Waals surface area contributed by atoms with Gasteiger partial charge in [-0.05, 0) is 29.1 Å². The van der Waals surface area contributed by atoms with Gasteiger partial charge in [-0.1, -0.05) is 0 Å². The van der Waals surface area contributed by atoms with E-state index in [0.29, 0.717) is 0 Å². The molecule has 98 valence electrons. The monoisotopic (exact) mass is 264 g/mol. The van der Waals surface area contributed by atoms with Gasteiger partial charge in [-0.25, -0.2) is 0 Å². The normalized spacial score (nSPS) is 11.5. The van der Waals surface area contributed by atoms with E-state index in [2.05, 4.69) is 9.97 Å². The fourth-order valence-corrected chi connectivity index (χ4v) is 2.92. The Hall–Kier alpha value is -2.62. The highest BCUT2D eigenvalue weighted by atomic mass is 16.5. The lowest BCUT2D eigenvalue weighted by atomic mass is 10.0. The highest BCUT2D eigenvalue weighted by molar-refractivity contribution is 6.16. The van der Waals surface area contributed by atoms with Crippen LogP contribution in [0.15, 0.2) is 36.8 Å². The van der Waals surface area contributed by atoms with Crippen molar-refractivity contribution in [1.82, 2.24) is 9.97 Å². The van der Waals surface area contributed by atoms with Crippen LogP contribution in [0, 0.1) is 0 Å². The van der Waals surface area contributed by atoms with E-state index in [1.807, 2.05) is 30.6 Å². The van der Waals surface area contributed by atoms with Crippen LogP contribution in [0.5, 0.6) is 11.5 Å². The maximum Gasteiger partial charge on any atom is 0.169 e. The van der Waals surface area contributed by atoms with Crippen molar-refractivity contribution in [3.8, 4) is 33.9 Å². The summed E-state index contributed by atoms with van der Waals surface area (Å²) >= 11 is 0. The van der Waals surface area contributed by atoms with Gasteiger partial charge >= 0.3 is 0 Å². The number of benzene rings is 1. The smallest absolute Gasteiger partial charge is 0.169 e. The molecule has 3 aromatic rings. The first-order valence-corrected chi connectivity index (χ1v) is 6.33. The zero-order valence-electron chi connectivity index (χ0n) is 11.2. The summed E-state index contributed by atoms with van der Waals surface area (Å²) in [5.74, 6) is 1.48. The number of pyridine rings is 2. The molecule has 0 fully saturated rings. The van der Waals surface area contributed by atoms with Gasteiger partial charge in [0.05, 0.1) is 19.9 Å². The second-order valence-electron chi connectivity index (χ2n) is 4.67. The third-order valence-electron chi connectivity index (χ3n) is 3.74. The van der Waals surface area contributed by atoms with E-state index in [-0.39, 0.29) is 0 Å². The Kier molecular flexibility index (Phi) is 2.21. The molecule has 2 heterocycles. The van der Waals surface area contributed by atoms with Crippen LogP contribution in [0.25, 0.3) is 33.2 Å². The van der Waals surface area contributed by atoms with Crippen molar-refractivity contribution in [3.63, 3.8) is 0 Å². The molecule has 4 rings (SSSR count). The number of aromatic nitrogens is 2. The van der Waals surface area contributed by atoms with Crippen molar-refractivity contribution in [1.29, 1.82) is 0 Å². The Bertz CT molecular complexity index is 843. The lowest BCUT2D eigenvalue weighted by molar-refractivity contribution is 0.357. The molecule has 0 atom stereocenters. The van der Waals surface area contributed by atoms with Crippen LogP contribution in [0.2, 0.25) is 0 Å². The second kappa shape index (κ2) is 3.93. The average Bonchev–Trinajstić information content (AvgIpc) is 2.84. The summed E-state index contributed by atoms with van der Waals surface area (Å²) in [7, 11) is 3.32. The molecule has 2 aromatic heterocycles. The van der Waals surface area contributed by atoms with Crippen LogP contribution in [0.1, 0.15) is 0 Å². The van der Waals surface area contributed by atoms with Crippen LogP contribution < -0.4 is 9.47 Å². The first kappa shape index (κ1) is 11.2. The second-order valence-corrected chi connectivity index (χ2v) is 4.67. The topological polar surface area (TPSA) is 44.2 Å². The Morgan fingerprint density at radius 3 is 2.70 bits per heavy atom. The van der Waals surface area contributed by atoms with Gasteiger partial charge < -0.3 is 9.47 Å². The molecule has 0 bridgehead atoms. The van der Waals surface area contributed by atoms with Crippen molar-refractivity contribution in [3.05, 3.63) is 36.8 Å². The number of hydrogen-bond acceptors (Lipinski definition) is 4. The van der Waals surface area contributed by atoms with Gasteiger partial charge in [0.1, 0.15) is 0 Å². The molecular formula is C16H12N2O2. The summed E-state index contributed by atoms with van der Waals surface area (Å²) in [5.41, 5.74) is 4.14. The van der Waals surface area contributed by atoms with Crippen LogP contribution in [-0.2, 0) is 0 Å². The van der Waals surface area contributed by atoms with E-state index < -0.39 is 0 Å². The quantitative estimate of drug-likeness (QED) is 0.557. The molecule has 0 radical (unpaired) electrons. The van der Waals surface area contributed by atoms with Crippen molar-refractivity contribution in [2.45, 2.75) is 0 Å². The molecule has 0 unspecified atom stereocenters. The number of nitrogens with zero attached hydrogens (tertiary/aromatic N) is 2. The highest BCUT2D eigenvalue weighted by Gasteiger charge is 2.28. The van der Waals surface area contributed by atoms with Crippen molar-refractivity contribution >= 4 is 10.8 Å². The minimum absolute atomic E-state index is 0.733. The van der Waals surface area contributed by atoms with E-state index in [0.717, 1.165) is 44.7 Å². The van der Waals surface area contributed by atoms with Crippen LogP contribution in [-0.4, -0.2) is 24.2 Å². The molecule has 0 N–H and O–H groups in total. The first-order valence-electron chi connectivity index (χ1n) is 6.33. The summed E-state index contributed by atoms with van der Waals surface area (Å²) in [4.78, 5) is 8.73. The fourth-order valence-electron chi connectivity index (χ4n) is 2.92. The molecule has 1 aromatic carbocycles. The van der Waals surface area contributed by atoms with Crippen LogP contribution >= 0.6 is 0 Å². The van der Waals surface area contributed by atoms with E-state index in [4.69, 9.17) is 9.47 Å². The molecule has 4 nitrogen and oxygen atoms in total. The van der Waals surface area contributed by atoms with Crippen molar-refractivity contribution in [2.24, 2.45) is 0 Å². The molecule has 0 saturated heterocycles. The minimum Gasteiger partial charge on any atom is -0.493 e. The third-order valence-corrected chi connectivity index (χ3v) is 3.74. The van der Waals surface area contributed by atoms with Gasteiger partial charge in [-0.2, -0.15) is 0 Å². The van der Waals surface area contributed by atoms with Crippen molar-refractivity contribution in [2.75, 3.05) is 14.2 Å². The largest absolute Gasteiger partial charge is 0.493 e. The zero-order valence-corrected chi connectivity index (χ0v) is 11.2. The summed E-state index contributed by atoms with van der Waals surface area (Å²) in [6.45, 7) is 0. The average molecular weight is 264 g/mol. The van der Waals surface area contributed by atoms with Crippen molar-refractivity contribution < 1.29 is 9.47 Å². The number of ether oxygens (including phenoxy) is 2. The Morgan fingerprint density at radius 2 is 1.90 bits per heavy atom. The molecule has 4 heteroatoms. The van der Waals surface area contributed by atoms with Gasteiger partial charge in [-0.15, -0.1) is 0 Å². The summed E-state index contributed by atoms with van der Waals surface area (Å²) in [5, 5.41) is 2.20. The lowest BCUT2D eigenvalue weighted by Crippen LogP contribution is -1.93. The zero-order chi connectivity index (χ0) is 13.7. The predicted octanol–water partition coefficient (Wildman–Crippen LogP) is 3.29. The summed E-state index contributed by atoms with van der Waals surface area (Å²) in [6.07, 6.45) is 5.45. The minimum atomic E-state index is 0.733. The van der Waals surface area contributed by atoms with Crippen LogP contribution in [0.3, 0.4) is 0 Å². The molecule has 0 amide bonds. The molecule has 0 aliphatic heterocycles. The molecule has 1 aliphatic rings. The molecule has 1 aliphatic carbocycles. The van der Waals surface area contributed by atoms with E-state index >= 15 is 0 Å². The van der Waals surface area contributed by atoms with E-state index in [1.54, 1.807) is 20.4 Å². The summed E-state index contributed by atoms with van der Waals surface area (Å²) < 4.78 is 11.0. The number of hydrogen-bond donors (Lipinski definition) is 0. The Labute approximate surface area is 116 Å². The van der Waals surface area contributed by atoms with Gasteiger partial charge in [0.2, 0.25) is 0 Å². The van der Waals surface area contributed by atoms with E-state index in [1.165, 1.54) is 0 Å². The molecule has 0 saturated carbocycles. The predicted molar refractivity (Wildman–Crippen MR) is 77.1 cm³/mol. The highest BCUT2D eigenvalue weighted by Crippen LogP contribution is 2.52. The maximum atomic E-state index is 5.58. The maximum absolute atomic E-state index is 5.58. The van der Waals surface area contributed by atoms with E-state index in [9.17, 15) is 0 Å². The van der Waals surface area contributed by atoms with Gasteiger partial charge in [0, 0.05) is 35.1 Å². The Morgan fingerprint density at radius 1 is 1.00 bits per heavy atom. The lowest BCUT2D eigenvalue weighted by Gasteiger charge is -2.13. The van der Waals surface area contributed by atoms with Gasteiger partial charge in [0.25, 0.3) is 0 Å². The molecule has 0 spiro atoms.